The van der Waals surface area contributed by atoms with Crippen molar-refractivity contribution in [2.24, 2.45) is 5.92 Å². The number of aldehydes is 1. The topological polar surface area (TPSA) is 77.8 Å². The summed E-state index contributed by atoms with van der Waals surface area (Å²) in [5, 5.41) is 29.3. The molecule has 0 saturated carbocycles. The van der Waals surface area contributed by atoms with Crippen molar-refractivity contribution in [2.75, 3.05) is 0 Å². The van der Waals surface area contributed by atoms with Gasteiger partial charge in [0.1, 0.15) is 17.2 Å². The number of phenolic OH excluding ortho intramolecular Hbond substituents is 3. The lowest BCUT2D eigenvalue weighted by Gasteiger charge is -2.17. The molecule has 3 N–H and O–H groups in total. The number of hydrogen-bond acceptors (Lipinski definition) is 4. The second-order valence-corrected chi connectivity index (χ2v) is 6.51. The van der Waals surface area contributed by atoms with Crippen LogP contribution in [-0.2, 0) is 12.8 Å². The van der Waals surface area contributed by atoms with Crippen LogP contribution in [0.1, 0.15) is 46.0 Å². The fourth-order valence-electron chi connectivity index (χ4n) is 3.16. The second kappa shape index (κ2) is 7.39. The Balaban J connectivity index is 2.11. The Bertz CT molecular complexity index is 750. The van der Waals surface area contributed by atoms with Crippen LogP contribution in [0.4, 0.5) is 0 Å². The van der Waals surface area contributed by atoms with Crippen LogP contribution in [0, 0.1) is 19.8 Å². The highest BCUT2D eigenvalue weighted by Gasteiger charge is 2.14. The van der Waals surface area contributed by atoms with Crippen LogP contribution in [0.5, 0.6) is 17.2 Å². The van der Waals surface area contributed by atoms with Crippen molar-refractivity contribution >= 4 is 6.29 Å². The fourth-order valence-corrected chi connectivity index (χ4v) is 3.16. The summed E-state index contributed by atoms with van der Waals surface area (Å²) >= 11 is 0. The van der Waals surface area contributed by atoms with E-state index in [1.54, 1.807) is 12.1 Å². The highest BCUT2D eigenvalue weighted by atomic mass is 16.3. The lowest BCUT2D eigenvalue weighted by atomic mass is 9.89. The molecular formula is C20H24O4. The molecule has 1 atom stereocenters. The Labute approximate surface area is 142 Å². The lowest BCUT2D eigenvalue weighted by molar-refractivity contribution is 0.112. The van der Waals surface area contributed by atoms with E-state index in [2.05, 4.69) is 6.92 Å². The van der Waals surface area contributed by atoms with Crippen LogP contribution < -0.4 is 0 Å². The summed E-state index contributed by atoms with van der Waals surface area (Å²) in [6.07, 6.45) is 3.03. The van der Waals surface area contributed by atoms with Gasteiger partial charge in [-0.2, -0.15) is 0 Å². The van der Waals surface area contributed by atoms with E-state index in [0.29, 0.717) is 24.2 Å². The van der Waals surface area contributed by atoms with Crippen molar-refractivity contribution in [1.82, 2.24) is 0 Å². The normalized spacial score (nSPS) is 12.1. The van der Waals surface area contributed by atoms with Gasteiger partial charge < -0.3 is 15.3 Å². The summed E-state index contributed by atoms with van der Waals surface area (Å²) in [4.78, 5) is 11.1. The summed E-state index contributed by atoms with van der Waals surface area (Å²) in [5.41, 5.74) is 3.98. The van der Waals surface area contributed by atoms with Crippen LogP contribution in [0.2, 0.25) is 0 Å². The third-order valence-electron chi connectivity index (χ3n) is 4.60. The van der Waals surface area contributed by atoms with Gasteiger partial charge in [0.05, 0.1) is 5.56 Å². The third kappa shape index (κ3) is 3.88. The summed E-state index contributed by atoms with van der Waals surface area (Å²) in [6.45, 7) is 5.88. The standard InChI is InChI=1S/C20H24O4/c1-12(8-15-10-16(22)5-7-19(15)23)4-6-17-13(2)9-20(24)18(11-21)14(17)3/h5,7,9-12,22-24H,4,6,8H2,1-3H3. The minimum Gasteiger partial charge on any atom is -0.508 e. The zero-order chi connectivity index (χ0) is 17.9. The molecule has 4 nitrogen and oxygen atoms in total. The Kier molecular flexibility index (Phi) is 5.50. The molecule has 0 heterocycles. The van der Waals surface area contributed by atoms with Gasteiger partial charge in [0.15, 0.2) is 6.29 Å². The van der Waals surface area contributed by atoms with Crippen molar-refractivity contribution in [1.29, 1.82) is 0 Å². The first-order valence-corrected chi connectivity index (χ1v) is 8.11. The molecule has 1 unspecified atom stereocenters. The maximum absolute atomic E-state index is 11.1. The molecule has 0 radical (unpaired) electrons. The first kappa shape index (κ1) is 17.9. The van der Waals surface area contributed by atoms with Crippen LogP contribution in [0.25, 0.3) is 0 Å². The molecule has 128 valence electrons. The molecule has 2 aromatic carbocycles. The van der Waals surface area contributed by atoms with E-state index in [0.717, 1.165) is 35.1 Å². The van der Waals surface area contributed by atoms with Crippen molar-refractivity contribution in [2.45, 2.75) is 40.0 Å². The number of phenols is 3. The zero-order valence-corrected chi connectivity index (χ0v) is 14.3. The summed E-state index contributed by atoms with van der Waals surface area (Å²) < 4.78 is 0. The monoisotopic (exact) mass is 328 g/mol. The number of carbonyl (C=O) groups is 1. The predicted molar refractivity (Wildman–Crippen MR) is 93.9 cm³/mol. The van der Waals surface area contributed by atoms with Gasteiger partial charge in [-0.25, -0.2) is 0 Å². The molecule has 0 amide bonds. The van der Waals surface area contributed by atoms with Crippen LogP contribution in [-0.4, -0.2) is 21.6 Å². The molecule has 0 bridgehead atoms. The van der Waals surface area contributed by atoms with E-state index in [4.69, 9.17) is 0 Å². The third-order valence-corrected chi connectivity index (χ3v) is 4.60. The van der Waals surface area contributed by atoms with Gasteiger partial charge in [-0.15, -0.1) is 0 Å². The number of benzene rings is 2. The Morgan fingerprint density at radius 3 is 2.46 bits per heavy atom. The molecule has 0 aliphatic carbocycles. The minimum absolute atomic E-state index is 0.0291. The highest BCUT2D eigenvalue weighted by molar-refractivity contribution is 5.82. The van der Waals surface area contributed by atoms with Gasteiger partial charge in [0.25, 0.3) is 0 Å². The first-order valence-electron chi connectivity index (χ1n) is 8.11. The highest BCUT2D eigenvalue weighted by Crippen LogP contribution is 2.29. The Morgan fingerprint density at radius 1 is 1.08 bits per heavy atom. The summed E-state index contributed by atoms with van der Waals surface area (Å²) in [7, 11) is 0. The average molecular weight is 328 g/mol. The minimum atomic E-state index is 0.0291. The van der Waals surface area contributed by atoms with E-state index in [-0.39, 0.29) is 17.2 Å². The van der Waals surface area contributed by atoms with E-state index in [1.165, 1.54) is 12.1 Å². The van der Waals surface area contributed by atoms with Gasteiger partial charge in [-0.1, -0.05) is 6.92 Å². The molecule has 0 fully saturated rings. The molecule has 0 saturated heterocycles. The van der Waals surface area contributed by atoms with Gasteiger partial charge >= 0.3 is 0 Å². The van der Waals surface area contributed by atoms with E-state index in [9.17, 15) is 20.1 Å². The molecule has 0 aromatic heterocycles. The van der Waals surface area contributed by atoms with Crippen LogP contribution >= 0.6 is 0 Å². The molecule has 2 rings (SSSR count). The SMILES string of the molecule is Cc1cc(O)c(C=O)c(C)c1CCC(C)Cc1cc(O)ccc1O. The molecular weight excluding hydrogens is 304 g/mol. The maximum atomic E-state index is 11.1. The van der Waals surface area contributed by atoms with Gasteiger partial charge in [0.2, 0.25) is 0 Å². The number of aryl methyl sites for hydroxylation is 1. The molecule has 0 aliphatic heterocycles. The number of aromatic hydroxyl groups is 3. The predicted octanol–water partition coefficient (Wildman–Crippen LogP) is 4.04. The van der Waals surface area contributed by atoms with E-state index in [1.807, 2.05) is 13.8 Å². The zero-order valence-electron chi connectivity index (χ0n) is 14.3. The molecule has 0 aliphatic rings. The smallest absolute Gasteiger partial charge is 0.154 e. The van der Waals surface area contributed by atoms with Gasteiger partial charge in [-0.3, -0.25) is 4.79 Å². The van der Waals surface area contributed by atoms with Crippen LogP contribution in [0.15, 0.2) is 24.3 Å². The van der Waals surface area contributed by atoms with E-state index < -0.39 is 0 Å². The van der Waals surface area contributed by atoms with E-state index >= 15 is 0 Å². The quantitative estimate of drug-likeness (QED) is 0.552. The Hall–Kier alpha value is -2.49. The largest absolute Gasteiger partial charge is 0.508 e. The number of hydrogen-bond donors (Lipinski definition) is 3. The van der Waals surface area contributed by atoms with Gasteiger partial charge in [-0.05, 0) is 85.5 Å². The summed E-state index contributed by atoms with van der Waals surface area (Å²) in [5.74, 6) is 0.669. The number of carbonyl (C=O) groups excluding carboxylic acids is 1. The molecule has 24 heavy (non-hydrogen) atoms. The lowest BCUT2D eigenvalue weighted by Crippen LogP contribution is -2.05. The molecule has 2 aromatic rings. The fraction of sp³-hybridized carbons (Fsp3) is 0.350. The maximum Gasteiger partial charge on any atom is 0.154 e. The van der Waals surface area contributed by atoms with Crippen molar-refractivity contribution < 1.29 is 20.1 Å². The first-order chi connectivity index (χ1) is 11.3. The molecule has 4 heteroatoms. The van der Waals surface area contributed by atoms with Crippen molar-refractivity contribution in [3.8, 4) is 17.2 Å². The van der Waals surface area contributed by atoms with Crippen LogP contribution in [0.3, 0.4) is 0 Å². The van der Waals surface area contributed by atoms with Gasteiger partial charge in [0, 0.05) is 0 Å². The number of rotatable bonds is 6. The summed E-state index contributed by atoms with van der Waals surface area (Å²) in [6, 6.07) is 6.20. The van der Waals surface area contributed by atoms with Crippen molar-refractivity contribution in [3.63, 3.8) is 0 Å². The van der Waals surface area contributed by atoms with Crippen molar-refractivity contribution in [3.05, 3.63) is 52.1 Å². The second-order valence-electron chi connectivity index (χ2n) is 6.51. The molecule has 0 spiro atoms. The Morgan fingerprint density at radius 2 is 1.79 bits per heavy atom. The average Bonchev–Trinajstić information content (AvgIpc) is 2.50.